The molecular weight excluding hydrogens is 246 g/mol. The Morgan fingerprint density at radius 2 is 2.11 bits per heavy atom. The molecule has 0 bridgehead atoms. The monoisotopic (exact) mass is 261 g/mol. The topological polar surface area (TPSA) is 106 Å². The maximum atomic E-state index is 11.8. The van der Waals surface area contributed by atoms with Gasteiger partial charge in [0.1, 0.15) is 5.75 Å². The van der Waals surface area contributed by atoms with Crippen molar-refractivity contribution in [1.29, 1.82) is 0 Å². The van der Waals surface area contributed by atoms with E-state index >= 15 is 0 Å². The first-order valence-corrected chi connectivity index (χ1v) is 5.73. The van der Waals surface area contributed by atoms with Gasteiger partial charge in [-0.1, -0.05) is 12.1 Å². The average molecular weight is 261 g/mol. The van der Waals surface area contributed by atoms with Crippen LogP contribution in [0.25, 0.3) is 0 Å². The summed E-state index contributed by atoms with van der Waals surface area (Å²) in [5.41, 5.74) is 6.30. The van der Waals surface area contributed by atoms with Crippen molar-refractivity contribution in [3.8, 4) is 5.75 Å². The van der Waals surface area contributed by atoms with Gasteiger partial charge in [0, 0.05) is 0 Å². The fourth-order valence-electron chi connectivity index (χ4n) is 1.62. The maximum Gasteiger partial charge on any atom is 0.289 e. The maximum absolute atomic E-state index is 11.8. The van der Waals surface area contributed by atoms with Crippen molar-refractivity contribution < 1.29 is 9.53 Å². The van der Waals surface area contributed by atoms with Gasteiger partial charge in [-0.05, 0) is 24.6 Å². The molecule has 0 fully saturated rings. The number of benzene rings is 1. The Bertz CT molecular complexity index is 564. The number of nitrogens with zero attached hydrogens (tertiary/aromatic N) is 2. The molecular formula is C12H15N5O2. The highest BCUT2D eigenvalue weighted by molar-refractivity contribution is 5.90. The molecule has 2 aromatic rings. The Morgan fingerprint density at radius 1 is 1.42 bits per heavy atom. The molecule has 1 heterocycles. The summed E-state index contributed by atoms with van der Waals surface area (Å²) in [4.78, 5) is 15.6. The van der Waals surface area contributed by atoms with Crippen LogP contribution in [0.2, 0.25) is 0 Å². The summed E-state index contributed by atoms with van der Waals surface area (Å²) in [6, 6.07) is 7.29. The lowest BCUT2D eigenvalue weighted by molar-refractivity contribution is 0.0930. The van der Waals surface area contributed by atoms with E-state index < -0.39 is 0 Å². The number of aromatic amines is 1. The van der Waals surface area contributed by atoms with Crippen molar-refractivity contribution in [3.05, 3.63) is 35.7 Å². The van der Waals surface area contributed by atoms with Gasteiger partial charge >= 0.3 is 0 Å². The Balaban J connectivity index is 2.03. The third-order valence-electron chi connectivity index (χ3n) is 2.68. The van der Waals surface area contributed by atoms with Crippen molar-refractivity contribution in [3.63, 3.8) is 0 Å². The Hall–Kier alpha value is -2.57. The van der Waals surface area contributed by atoms with Gasteiger partial charge in [0.2, 0.25) is 11.8 Å². The van der Waals surface area contributed by atoms with E-state index in [0.717, 1.165) is 11.3 Å². The van der Waals surface area contributed by atoms with Crippen LogP contribution in [0.3, 0.4) is 0 Å². The Morgan fingerprint density at radius 3 is 2.63 bits per heavy atom. The number of nitrogens with one attached hydrogen (secondary N) is 2. The third-order valence-corrected chi connectivity index (χ3v) is 2.68. The zero-order valence-corrected chi connectivity index (χ0v) is 10.7. The number of aromatic nitrogens is 3. The van der Waals surface area contributed by atoms with Crippen LogP contribution in [0.1, 0.15) is 29.1 Å². The standard InChI is InChI=1S/C12H15N5O2/c1-7(8-3-5-9(19-2)6-4-8)14-11(18)10-15-12(13)17-16-10/h3-7H,1-2H3,(H,14,18)(H3,13,15,16,17)/t7-/m0/s1. The van der Waals surface area contributed by atoms with E-state index in [-0.39, 0.29) is 23.7 Å². The minimum Gasteiger partial charge on any atom is -0.497 e. The van der Waals surface area contributed by atoms with Gasteiger partial charge < -0.3 is 15.8 Å². The van der Waals surface area contributed by atoms with Gasteiger partial charge in [0.05, 0.1) is 13.2 Å². The molecule has 1 aromatic heterocycles. The average Bonchev–Trinajstić information content (AvgIpc) is 2.85. The van der Waals surface area contributed by atoms with Crippen molar-refractivity contribution in [2.45, 2.75) is 13.0 Å². The number of nitrogen functional groups attached to an aromatic ring is 1. The first-order chi connectivity index (χ1) is 9.10. The molecule has 1 atom stereocenters. The normalized spacial score (nSPS) is 11.9. The number of carbonyl (C=O) groups excluding carboxylic acids is 1. The molecule has 2 rings (SSSR count). The molecule has 7 heteroatoms. The number of H-pyrrole nitrogens is 1. The second-order valence-electron chi connectivity index (χ2n) is 4.01. The lowest BCUT2D eigenvalue weighted by atomic mass is 10.1. The minimum atomic E-state index is -0.354. The number of hydrogen-bond acceptors (Lipinski definition) is 5. The van der Waals surface area contributed by atoms with E-state index in [0.29, 0.717) is 0 Å². The summed E-state index contributed by atoms with van der Waals surface area (Å²) in [6.07, 6.45) is 0. The lowest BCUT2D eigenvalue weighted by Gasteiger charge is -2.13. The number of rotatable bonds is 4. The van der Waals surface area contributed by atoms with Crippen molar-refractivity contribution in [1.82, 2.24) is 20.5 Å². The van der Waals surface area contributed by atoms with E-state index in [9.17, 15) is 4.79 Å². The molecule has 0 aliphatic rings. The zero-order valence-electron chi connectivity index (χ0n) is 10.7. The molecule has 1 amide bonds. The quantitative estimate of drug-likeness (QED) is 0.757. The smallest absolute Gasteiger partial charge is 0.289 e. The van der Waals surface area contributed by atoms with Crippen LogP contribution in [0.5, 0.6) is 5.75 Å². The first kappa shape index (κ1) is 12.9. The molecule has 0 unspecified atom stereocenters. The summed E-state index contributed by atoms with van der Waals surface area (Å²) in [5.74, 6) is 0.554. The van der Waals surface area contributed by atoms with Crippen LogP contribution in [0.4, 0.5) is 5.95 Å². The highest BCUT2D eigenvalue weighted by atomic mass is 16.5. The van der Waals surface area contributed by atoms with E-state index in [2.05, 4.69) is 20.5 Å². The second kappa shape index (κ2) is 5.38. The predicted molar refractivity (Wildman–Crippen MR) is 69.7 cm³/mol. The molecule has 0 aliphatic carbocycles. The molecule has 7 nitrogen and oxygen atoms in total. The number of amides is 1. The van der Waals surface area contributed by atoms with Gasteiger partial charge in [0.15, 0.2) is 0 Å². The molecule has 0 aliphatic heterocycles. The minimum absolute atomic E-state index is 0.0438. The van der Waals surface area contributed by atoms with Gasteiger partial charge in [-0.3, -0.25) is 9.89 Å². The van der Waals surface area contributed by atoms with Gasteiger partial charge in [-0.15, -0.1) is 5.10 Å². The summed E-state index contributed by atoms with van der Waals surface area (Å²) >= 11 is 0. The summed E-state index contributed by atoms with van der Waals surface area (Å²) in [6.45, 7) is 1.87. The largest absolute Gasteiger partial charge is 0.497 e. The highest BCUT2D eigenvalue weighted by Gasteiger charge is 2.14. The summed E-state index contributed by atoms with van der Waals surface area (Å²) in [5, 5.41) is 8.86. The lowest BCUT2D eigenvalue weighted by Crippen LogP contribution is -2.27. The fraction of sp³-hybridized carbons (Fsp3) is 0.250. The van der Waals surface area contributed by atoms with Gasteiger partial charge in [-0.2, -0.15) is 4.98 Å². The van der Waals surface area contributed by atoms with Crippen LogP contribution < -0.4 is 15.8 Å². The van der Waals surface area contributed by atoms with Gasteiger partial charge in [0.25, 0.3) is 5.91 Å². The van der Waals surface area contributed by atoms with Crippen LogP contribution in [0, 0.1) is 0 Å². The molecule has 0 saturated carbocycles. The zero-order chi connectivity index (χ0) is 13.8. The molecule has 100 valence electrons. The molecule has 0 saturated heterocycles. The highest BCUT2D eigenvalue weighted by Crippen LogP contribution is 2.17. The SMILES string of the molecule is COc1ccc([C@H](C)NC(=O)c2nc(N)n[nH]2)cc1. The number of anilines is 1. The van der Waals surface area contributed by atoms with Crippen molar-refractivity contribution in [2.75, 3.05) is 12.8 Å². The Labute approximate surface area is 110 Å². The molecule has 0 radical (unpaired) electrons. The second-order valence-corrected chi connectivity index (χ2v) is 4.01. The van der Waals surface area contributed by atoms with Crippen molar-refractivity contribution >= 4 is 11.9 Å². The Kier molecular flexibility index (Phi) is 3.65. The molecule has 0 spiro atoms. The van der Waals surface area contributed by atoms with Crippen molar-refractivity contribution in [2.24, 2.45) is 0 Å². The third kappa shape index (κ3) is 3.01. The number of carbonyl (C=O) groups is 1. The predicted octanol–water partition coefficient (Wildman–Crippen LogP) is 0.886. The van der Waals surface area contributed by atoms with E-state index in [4.69, 9.17) is 10.5 Å². The molecule has 1 aromatic carbocycles. The molecule has 4 N–H and O–H groups in total. The van der Waals surface area contributed by atoms with Crippen LogP contribution in [-0.2, 0) is 0 Å². The van der Waals surface area contributed by atoms with Crippen LogP contribution in [0.15, 0.2) is 24.3 Å². The number of hydrogen-bond donors (Lipinski definition) is 3. The number of nitrogens with two attached hydrogens (primary N) is 1. The first-order valence-electron chi connectivity index (χ1n) is 5.73. The van der Waals surface area contributed by atoms with Crippen LogP contribution in [-0.4, -0.2) is 28.2 Å². The van der Waals surface area contributed by atoms with Gasteiger partial charge in [-0.25, -0.2) is 0 Å². The summed E-state index contributed by atoms with van der Waals surface area (Å²) in [7, 11) is 1.61. The van der Waals surface area contributed by atoms with Crippen LogP contribution >= 0.6 is 0 Å². The van der Waals surface area contributed by atoms with E-state index in [1.165, 1.54) is 0 Å². The summed E-state index contributed by atoms with van der Waals surface area (Å²) < 4.78 is 5.08. The fourth-order valence-corrected chi connectivity index (χ4v) is 1.62. The van der Waals surface area contributed by atoms with E-state index in [1.54, 1.807) is 7.11 Å². The number of ether oxygens (including phenoxy) is 1. The van der Waals surface area contributed by atoms with E-state index in [1.807, 2.05) is 31.2 Å². The number of methoxy groups -OCH3 is 1. The molecule has 19 heavy (non-hydrogen) atoms.